The van der Waals surface area contributed by atoms with Gasteiger partial charge in [-0.05, 0) is 149 Å². The zero-order valence-corrected chi connectivity index (χ0v) is 41.6. The maximum absolute atomic E-state index is 13.6. The number of ether oxygens (including phenoxy) is 5. The molecule has 25 heteroatoms. The van der Waals surface area contributed by atoms with Crippen molar-refractivity contribution in [3.05, 3.63) is 198 Å². The highest BCUT2D eigenvalue weighted by molar-refractivity contribution is 7.82. The quantitative estimate of drug-likeness (QED) is 0.0443. The first kappa shape index (κ1) is 51.0. The second kappa shape index (κ2) is 19.0. The Morgan fingerprint density at radius 2 is 0.645 bits per heavy atom. The Balaban J connectivity index is 1.14. The molecule has 2 aliphatic carbocycles. The lowest BCUT2D eigenvalue weighted by atomic mass is 9.93. The minimum absolute atomic E-state index is 0.0327. The van der Waals surface area contributed by atoms with Gasteiger partial charge in [0.25, 0.3) is 0 Å². The van der Waals surface area contributed by atoms with Gasteiger partial charge in [0.15, 0.2) is 0 Å². The minimum atomic E-state index is -5.41. The number of methoxy groups -OCH3 is 1. The van der Waals surface area contributed by atoms with Gasteiger partial charge in [-0.2, -0.15) is 33.7 Å². The topological polar surface area (TPSA) is 220 Å². The molecule has 0 heterocycles. The molecule has 0 fully saturated rings. The van der Waals surface area contributed by atoms with Crippen molar-refractivity contribution in [1.82, 2.24) is 0 Å². The summed E-state index contributed by atoms with van der Waals surface area (Å²) in [5.41, 5.74) is 4.81. The zero-order chi connectivity index (χ0) is 53.8. The van der Waals surface area contributed by atoms with E-state index in [1.165, 1.54) is 55.6 Å². The van der Waals surface area contributed by atoms with E-state index >= 15 is 0 Å². The van der Waals surface area contributed by atoms with E-state index in [0.717, 1.165) is 48.5 Å². The predicted molar refractivity (Wildman–Crippen MR) is 262 cm³/mol. The molecule has 0 bridgehead atoms. The molecule has 17 nitrogen and oxygen atoms in total. The van der Waals surface area contributed by atoms with Gasteiger partial charge in [0, 0.05) is 22.3 Å². The maximum Gasteiger partial charge on any atom is 0.488 e. The van der Waals surface area contributed by atoms with Gasteiger partial charge in [0.05, 0.1) is 12.7 Å². The van der Waals surface area contributed by atoms with Gasteiger partial charge < -0.3 is 40.4 Å². The third-order valence-corrected chi connectivity index (χ3v) is 13.2. The van der Waals surface area contributed by atoms with Crippen molar-refractivity contribution in [2.24, 2.45) is 0 Å². The lowest BCUT2D eigenvalue weighted by molar-refractivity contribution is -0.0810. The van der Waals surface area contributed by atoms with E-state index in [4.69, 9.17) is 23.7 Å². The molecule has 0 atom stereocenters. The van der Waals surface area contributed by atoms with E-state index in [9.17, 15) is 49.2 Å². The average molecular weight is 1120 g/mol. The second-order valence-corrected chi connectivity index (χ2v) is 20.2. The van der Waals surface area contributed by atoms with Gasteiger partial charge in [-0.25, -0.2) is 0 Å². The van der Waals surface area contributed by atoms with Crippen LogP contribution >= 0.6 is 0 Å². The highest BCUT2D eigenvalue weighted by Gasteiger charge is 2.51. The standard InChI is InChI=1S/C51H32F4O17S4/c1-64-48-8-4-7-45-49(48)43-28-10-32(30-47(43)51(45,67-35-15-23-39(24-16-35)71-75(54,60)61)68-36-17-25-40(26-18-36)72-76(55,62)63)31-9-27-42-41-5-2-3-6-44(41)50(46(42)29-31,65-33-11-19-37(20-12-33)69-73(52,56)57)66-34-13-21-38(22-14-34)70-74(53,58)59/h2-30H,1H3. The minimum Gasteiger partial charge on any atom is -0.496 e. The second-order valence-electron chi connectivity index (χ2n) is 16.4. The van der Waals surface area contributed by atoms with E-state index in [0.29, 0.717) is 61.4 Å². The fourth-order valence-electron chi connectivity index (χ4n) is 8.85. The van der Waals surface area contributed by atoms with Gasteiger partial charge in [0.1, 0.15) is 51.7 Å². The van der Waals surface area contributed by atoms with Gasteiger partial charge in [0.2, 0.25) is 0 Å². The summed E-state index contributed by atoms with van der Waals surface area (Å²) in [6.45, 7) is 0. The van der Waals surface area contributed by atoms with Gasteiger partial charge in [-0.1, -0.05) is 70.1 Å². The lowest BCUT2D eigenvalue weighted by Crippen LogP contribution is -2.39. The Morgan fingerprint density at radius 1 is 0.329 bits per heavy atom. The van der Waals surface area contributed by atoms with Crippen LogP contribution in [0.1, 0.15) is 22.3 Å². The van der Waals surface area contributed by atoms with Crippen LogP contribution in [0.15, 0.2) is 176 Å². The first-order valence-electron chi connectivity index (χ1n) is 21.8. The molecule has 0 N–H and O–H groups in total. The molecular weight excluding hydrogens is 1090 g/mol. The first-order valence-corrected chi connectivity index (χ1v) is 27.0. The van der Waals surface area contributed by atoms with Crippen LogP contribution in [0.25, 0.3) is 33.4 Å². The molecule has 0 spiro atoms. The van der Waals surface area contributed by atoms with Crippen LogP contribution in [-0.4, -0.2) is 40.8 Å². The van der Waals surface area contributed by atoms with Crippen LogP contribution in [0.2, 0.25) is 0 Å². The van der Waals surface area contributed by atoms with Crippen molar-refractivity contribution in [1.29, 1.82) is 0 Å². The normalized spacial score (nSPS) is 14.0. The molecule has 0 saturated carbocycles. The number of fused-ring (bicyclic) bond motifs is 6. The number of benzene rings is 8. The molecular formula is C51H32F4O17S4. The number of hydrogen-bond acceptors (Lipinski definition) is 17. The molecule has 390 valence electrons. The average Bonchev–Trinajstić information content (AvgIpc) is 4.04. The summed E-state index contributed by atoms with van der Waals surface area (Å²) in [6.07, 6.45) is 0. The van der Waals surface area contributed by atoms with Crippen LogP contribution < -0.4 is 40.4 Å². The molecule has 0 unspecified atom stereocenters. The van der Waals surface area contributed by atoms with E-state index in [-0.39, 0.29) is 34.5 Å². The molecule has 0 aromatic heterocycles. The lowest BCUT2D eigenvalue weighted by Gasteiger charge is -2.34. The van der Waals surface area contributed by atoms with E-state index in [1.807, 2.05) is 12.1 Å². The first-order chi connectivity index (χ1) is 36.0. The SMILES string of the molecule is COc1cccc2c1-c1ccc(-c3ccc4c(c3)C(Oc3ccc(OS(=O)(=O)F)cc3)(Oc3ccc(OS(=O)(=O)F)cc3)c3ccccc3-4)cc1C2(Oc1ccc(OS(=O)(=O)F)cc1)Oc1ccc(OS(=O)(=O)F)cc1. The van der Waals surface area contributed by atoms with Crippen LogP contribution in [0, 0.1) is 0 Å². The van der Waals surface area contributed by atoms with Crippen molar-refractivity contribution in [3.63, 3.8) is 0 Å². The molecule has 0 radical (unpaired) electrons. The Morgan fingerprint density at radius 3 is 1.03 bits per heavy atom. The van der Waals surface area contributed by atoms with Crippen LogP contribution in [0.4, 0.5) is 15.5 Å². The Hall–Kier alpha value is -8.52. The molecule has 8 aromatic carbocycles. The third-order valence-electron chi connectivity index (χ3n) is 11.6. The fourth-order valence-corrected chi connectivity index (χ4v) is 10.2. The summed E-state index contributed by atoms with van der Waals surface area (Å²) in [5, 5.41) is 0. The summed E-state index contributed by atoms with van der Waals surface area (Å²) in [7, 11) is -20.2. The Bertz CT molecular complexity index is 3880. The van der Waals surface area contributed by atoms with Crippen molar-refractivity contribution in [2.75, 3.05) is 7.11 Å². The van der Waals surface area contributed by atoms with Gasteiger partial charge in [-0.15, -0.1) is 0 Å². The molecule has 0 aliphatic heterocycles. The molecule has 8 aromatic rings. The summed E-state index contributed by atoms with van der Waals surface area (Å²) < 4.78 is 195. The summed E-state index contributed by atoms with van der Waals surface area (Å²) in [6, 6.07) is 42.3. The van der Waals surface area contributed by atoms with Crippen LogP contribution in [0.5, 0.6) is 51.7 Å². The zero-order valence-electron chi connectivity index (χ0n) is 38.3. The van der Waals surface area contributed by atoms with E-state index in [1.54, 1.807) is 66.7 Å². The van der Waals surface area contributed by atoms with Crippen LogP contribution in [-0.2, 0) is 53.6 Å². The molecule has 2 aliphatic rings. The molecule has 0 saturated heterocycles. The monoisotopic (exact) mass is 1120 g/mol. The van der Waals surface area contributed by atoms with Crippen LogP contribution in [0.3, 0.4) is 0 Å². The molecule has 0 amide bonds. The highest BCUT2D eigenvalue weighted by atomic mass is 32.3. The summed E-state index contributed by atoms with van der Waals surface area (Å²) in [4.78, 5) is 0. The molecule has 76 heavy (non-hydrogen) atoms. The fraction of sp³-hybridized carbons (Fsp3) is 0.0588. The smallest absolute Gasteiger partial charge is 0.488 e. The highest BCUT2D eigenvalue weighted by Crippen LogP contribution is 2.56. The third kappa shape index (κ3) is 10.6. The van der Waals surface area contributed by atoms with Crippen molar-refractivity contribution in [2.45, 2.75) is 11.6 Å². The number of halogens is 4. The Kier molecular flexibility index (Phi) is 12.7. The predicted octanol–water partition coefficient (Wildman–Crippen LogP) is 10.4. The summed E-state index contributed by atoms with van der Waals surface area (Å²) >= 11 is 0. The van der Waals surface area contributed by atoms with Gasteiger partial charge in [-0.3, -0.25) is 0 Å². The Labute approximate surface area is 431 Å². The summed E-state index contributed by atoms with van der Waals surface area (Å²) in [5.74, 6) is -4.95. The maximum atomic E-state index is 13.6. The number of rotatable bonds is 18. The van der Waals surface area contributed by atoms with Crippen molar-refractivity contribution >= 4 is 42.0 Å². The molecule has 10 rings (SSSR count). The van der Waals surface area contributed by atoms with Crippen molar-refractivity contribution < 1.29 is 89.6 Å². The largest absolute Gasteiger partial charge is 0.496 e. The van der Waals surface area contributed by atoms with E-state index in [2.05, 4.69) is 16.7 Å². The van der Waals surface area contributed by atoms with Gasteiger partial charge >= 0.3 is 53.6 Å². The number of hydrogen-bond donors (Lipinski definition) is 0. The van der Waals surface area contributed by atoms with Crippen molar-refractivity contribution in [3.8, 4) is 85.1 Å². The van der Waals surface area contributed by atoms with E-state index < -0.39 is 65.1 Å².